The Balaban J connectivity index is 1.77. The monoisotopic (exact) mass is 357 g/mol. The molecule has 25 heavy (non-hydrogen) atoms. The van der Waals surface area contributed by atoms with Gasteiger partial charge in [0.05, 0.1) is 5.92 Å². The highest BCUT2D eigenvalue weighted by Crippen LogP contribution is 2.26. The van der Waals surface area contributed by atoms with Gasteiger partial charge in [-0.15, -0.1) is 11.3 Å². The lowest BCUT2D eigenvalue weighted by Crippen LogP contribution is -2.46. The molecule has 2 aromatic rings. The van der Waals surface area contributed by atoms with Crippen LogP contribution in [0.15, 0.2) is 47.8 Å². The van der Waals surface area contributed by atoms with E-state index in [1.807, 2.05) is 18.2 Å². The number of carbonyl (C=O) groups excluding carboxylic acids is 1. The second-order valence-electron chi connectivity index (χ2n) is 6.58. The summed E-state index contributed by atoms with van der Waals surface area (Å²) in [7, 11) is 0. The summed E-state index contributed by atoms with van der Waals surface area (Å²) in [6.45, 7) is 4.43. The molecule has 0 spiro atoms. The van der Waals surface area contributed by atoms with E-state index in [2.05, 4.69) is 41.5 Å². The van der Waals surface area contributed by atoms with E-state index in [0.29, 0.717) is 6.04 Å². The molecule has 0 unspecified atom stereocenters. The van der Waals surface area contributed by atoms with E-state index >= 15 is 0 Å². The van der Waals surface area contributed by atoms with Crippen LogP contribution >= 0.6 is 11.3 Å². The number of benzene rings is 1. The summed E-state index contributed by atoms with van der Waals surface area (Å²) < 4.78 is 5.52. The van der Waals surface area contributed by atoms with Gasteiger partial charge in [0.15, 0.2) is 0 Å². The number of carbonyl (C=O) groups is 1. The molecule has 0 radical (unpaired) electrons. The molecule has 1 aromatic carbocycles. The molecule has 1 aliphatic rings. The number of ether oxygens (including phenoxy) is 1. The smallest absolute Gasteiger partial charge is 0.230 e. The summed E-state index contributed by atoms with van der Waals surface area (Å²) in [5.41, 5.74) is 1.13. The Morgan fingerprint density at radius 3 is 2.60 bits per heavy atom. The molecule has 0 bridgehead atoms. The number of nitrogens with zero attached hydrogens (tertiary/aromatic N) is 1. The minimum absolute atomic E-state index is 0.0487. The highest BCUT2D eigenvalue weighted by molar-refractivity contribution is 7.09. The van der Waals surface area contributed by atoms with Crippen molar-refractivity contribution in [2.45, 2.75) is 44.6 Å². The van der Waals surface area contributed by atoms with Gasteiger partial charge in [0, 0.05) is 30.7 Å². The minimum atomic E-state index is -0.0487. The van der Waals surface area contributed by atoms with Crippen LogP contribution in [0, 0.1) is 0 Å². The Labute approximate surface area is 154 Å². The molecule has 2 heterocycles. The Hall–Kier alpha value is -1.65. The van der Waals surface area contributed by atoms with Gasteiger partial charge in [0.2, 0.25) is 5.91 Å². The quantitative estimate of drug-likeness (QED) is 0.730. The molecule has 3 rings (SSSR count). The summed E-state index contributed by atoms with van der Waals surface area (Å²) in [5, 5.41) is 2.11. The fourth-order valence-electron chi connectivity index (χ4n) is 3.59. The predicted molar refractivity (Wildman–Crippen MR) is 103 cm³/mol. The van der Waals surface area contributed by atoms with Gasteiger partial charge in [0.25, 0.3) is 0 Å². The van der Waals surface area contributed by atoms with Crippen molar-refractivity contribution >= 4 is 17.2 Å². The van der Waals surface area contributed by atoms with Gasteiger partial charge in [0.1, 0.15) is 0 Å². The third kappa shape index (κ3) is 4.71. The van der Waals surface area contributed by atoms with E-state index in [0.717, 1.165) is 51.0 Å². The van der Waals surface area contributed by atoms with Crippen molar-refractivity contribution < 1.29 is 9.53 Å². The molecule has 0 saturated carbocycles. The summed E-state index contributed by atoms with van der Waals surface area (Å²) in [6, 6.07) is 14.8. The van der Waals surface area contributed by atoms with Gasteiger partial charge in [-0.05, 0) is 42.7 Å². The average molecular weight is 358 g/mol. The molecule has 1 saturated heterocycles. The van der Waals surface area contributed by atoms with Crippen LogP contribution in [0.4, 0.5) is 0 Å². The lowest BCUT2D eigenvalue weighted by atomic mass is 9.93. The first kappa shape index (κ1) is 18.2. The van der Waals surface area contributed by atoms with Crippen LogP contribution in [0.1, 0.15) is 42.5 Å². The summed E-state index contributed by atoms with van der Waals surface area (Å²) in [4.78, 5) is 16.9. The molecule has 4 heteroatoms. The average Bonchev–Trinajstić information content (AvgIpc) is 3.18. The highest BCUT2D eigenvalue weighted by Gasteiger charge is 2.30. The van der Waals surface area contributed by atoms with Gasteiger partial charge in [-0.1, -0.05) is 43.3 Å². The highest BCUT2D eigenvalue weighted by atomic mass is 32.1. The van der Waals surface area contributed by atoms with Crippen molar-refractivity contribution in [2.75, 3.05) is 19.8 Å². The van der Waals surface area contributed by atoms with E-state index in [1.165, 1.54) is 4.88 Å². The van der Waals surface area contributed by atoms with Crippen LogP contribution in [0.25, 0.3) is 0 Å². The molecule has 134 valence electrons. The fraction of sp³-hybridized carbons (Fsp3) is 0.476. The SMILES string of the molecule is CC[C@H](C(=O)N(CCc1cccs1)C1CCOCC1)c1ccccc1. The summed E-state index contributed by atoms with van der Waals surface area (Å²) >= 11 is 1.77. The number of hydrogen-bond acceptors (Lipinski definition) is 3. The standard InChI is InChI=1S/C21H27NO2S/c1-2-20(17-7-4-3-5-8-17)21(23)22(18-11-14-24-15-12-18)13-10-19-9-6-16-25-19/h3-9,16,18,20H,2,10-15H2,1H3/t20-/m0/s1. The van der Waals surface area contributed by atoms with Crippen molar-refractivity contribution in [3.63, 3.8) is 0 Å². The van der Waals surface area contributed by atoms with Crippen LogP contribution in [0.3, 0.4) is 0 Å². The van der Waals surface area contributed by atoms with Gasteiger partial charge in [-0.3, -0.25) is 4.79 Å². The lowest BCUT2D eigenvalue weighted by Gasteiger charge is -2.36. The van der Waals surface area contributed by atoms with Crippen LogP contribution in [0.2, 0.25) is 0 Å². The number of thiophene rings is 1. The topological polar surface area (TPSA) is 29.5 Å². The minimum Gasteiger partial charge on any atom is -0.381 e. The zero-order valence-corrected chi connectivity index (χ0v) is 15.7. The zero-order chi connectivity index (χ0) is 17.5. The first-order chi connectivity index (χ1) is 12.3. The number of rotatable bonds is 7. The Bertz CT molecular complexity index is 635. The Morgan fingerprint density at radius 1 is 1.20 bits per heavy atom. The molecule has 1 aliphatic heterocycles. The molecule has 1 aromatic heterocycles. The molecule has 1 atom stereocenters. The third-order valence-electron chi connectivity index (χ3n) is 5.00. The van der Waals surface area contributed by atoms with Gasteiger partial charge < -0.3 is 9.64 Å². The Morgan fingerprint density at radius 2 is 1.96 bits per heavy atom. The predicted octanol–water partition coefficient (Wildman–Crippen LogP) is 4.49. The van der Waals surface area contributed by atoms with Crippen molar-refractivity contribution in [1.29, 1.82) is 0 Å². The molecular weight excluding hydrogens is 330 g/mol. The van der Waals surface area contributed by atoms with Crippen molar-refractivity contribution in [1.82, 2.24) is 4.90 Å². The van der Waals surface area contributed by atoms with Crippen molar-refractivity contribution in [3.8, 4) is 0 Å². The van der Waals surface area contributed by atoms with E-state index in [4.69, 9.17) is 4.74 Å². The second kappa shape index (κ2) is 9.16. The number of hydrogen-bond donors (Lipinski definition) is 0. The summed E-state index contributed by atoms with van der Waals surface area (Å²) in [5.74, 6) is 0.226. The zero-order valence-electron chi connectivity index (χ0n) is 14.9. The van der Waals surface area contributed by atoms with Crippen molar-refractivity contribution in [2.24, 2.45) is 0 Å². The van der Waals surface area contributed by atoms with Crippen LogP contribution in [-0.2, 0) is 16.0 Å². The maximum atomic E-state index is 13.4. The Kier molecular flexibility index (Phi) is 6.65. The van der Waals surface area contributed by atoms with E-state index in [-0.39, 0.29) is 11.8 Å². The van der Waals surface area contributed by atoms with Gasteiger partial charge in [-0.25, -0.2) is 0 Å². The normalized spacial score (nSPS) is 16.5. The third-order valence-corrected chi connectivity index (χ3v) is 5.94. The van der Waals surface area contributed by atoms with Gasteiger partial charge in [-0.2, -0.15) is 0 Å². The van der Waals surface area contributed by atoms with Gasteiger partial charge >= 0.3 is 0 Å². The van der Waals surface area contributed by atoms with E-state index < -0.39 is 0 Å². The molecule has 1 fully saturated rings. The molecular formula is C21H27NO2S. The first-order valence-corrected chi connectivity index (χ1v) is 10.1. The van der Waals surface area contributed by atoms with E-state index in [1.54, 1.807) is 11.3 Å². The molecule has 3 nitrogen and oxygen atoms in total. The molecule has 1 amide bonds. The van der Waals surface area contributed by atoms with Crippen LogP contribution in [-0.4, -0.2) is 36.6 Å². The maximum Gasteiger partial charge on any atom is 0.230 e. The largest absolute Gasteiger partial charge is 0.381 e. The van der Waals surface area contributed by atoms with E-state index in [9.17, 15) is 4.79 Å². The molecule has 0 aliphatic carbocycles. The fourth-order valence-corrected chi connectivity index (χ4v) is 4.29. The first-order valence-electron chi connectivity index (χ1n) is 9.25. The van der Waals surface area contributed by atoms with Crippen LogP contribution in [0.5, 0.6) is 0 Å². The molecule has 0 N–H and O–H groups in total. The lowest BCUT2D eigenvalue weighted by molar-refractivity contribution is -0.137. The van der Waals surface area contributed by atoms with Crippen molar-refractivity contribution in [3.05, 3.63) is 58.3 Å². The summed E-state index contributed by atoms with van der Waals surface area (Å²) in [6.07, 6.45) is 3.66. The number of amides is 1. The van der Waals surface area contributed by atoms with Crippen LogP contribution < -0.4 is 0 Å². The maximum absolute atomic E-state index is 13.4. The second-order valence-corrected chi connectivity index (χ2v) is 7.61.